The minimum Gasteiger partial charge on any atom is -0.347 e. The quantitative estimate of drug-likeness (QED) is 0.591. The lowest BCUT2D eigenvalue weighted by molar-refractivity contribution is 0.0947. The molecule has 0 unspecified atom stereocenters. The summed E-state index contributed by atoms with van der Waals surface area (Å²) >= 11 is 0. The highest BCUT2D eigenvalue weighted by Crippen LogP contribution is 2.24. The van der Waals surface area contributed by atoms with Crippen LogP contribution in [0.15, 0.2) is 53.8 Å². The van der Waals surface area contributed by atoms with Crippen LogP contribution in [0.4, 0.5) is 0 Å². The first-order valence-corrected chi connectivity index (χ1v) is 13.0. The molecule has 0 aliphatic heterocycles. The van der Waals surface area contributed by atoms with Crippen LogP contribution in [0.3, 0.4) is 0 Å². The summed E-state index contributed by atoms with van der Waals surface area (Å²) < 4.78 is 25.7. The number of sulfone groups is 1. The molecule has 1 N–H and O–H groups in total. The highest BCUT2D eigenvalue weighted by Gasteiger charge is 2.23. The van der Waals surface area contributed by atoms with Crippen LogP contribution in [-0.4, -0.2) is 48.0 Å². The van der Waals surface area contributed by atoms with E-state index in [0.717, 1.165) is 18.4 Å². The number of hydrogen-bond donors (Lipinski definition) is 1. The van der Waals surface area contributed by atoms with Crippen molar-refractivity contribution in [3.8, 4) is 0 Å². The van der Waals surface area contributed by atoms with Crippen LogP contribution in [0.5, 0.6) is 0 Å². The maximum Gasteiger partial charge on any atom is 0.272 e. The van der Waals surface area contributed by atoms with E-state index >= 15 is 0 Å². The standard InChI is InChI=1S/C24H30N4O3S/c1-27(20-12-4-3-5-13-20)17-19-11-7-6-10-18(19)16-25-23(29)22-21-14-8-9-15-28(21)24(26-22)32(2,30)31/h6-11,14-15,20H,3-5,12-13,16-17H2,1-2H3,(H,25,29). The summed E-state index contributed by atoms with van der Waals surface area (Å²) in [4.78, 5) is 19.5. The number of carbonyl (C=O) groups excluding carboxylic acids is 1. The van der Waals surface area contributed by atoms with Crippen molar-refractivity contribution in [2.75, 3.05) is 13.3 Å². The van der Waals surface area contributed by atoms with Crippen molar-refractivity contribution >= 4 is 21.3 Å². The van der Waals surface area contributed by atoms with Gasteiger partial charge in [0.15, 0.2) is 5.69 Å². The number of nitrogens with one attached hydrogen (secondary N) is 1. The van der Waals surface area contributed by atoms with Gasteiger partial charge in [0.2, 0.25) is 15.0 Å². The van der Waals surface area contributed by atoms with Gasteiger partial charge in [-0.2, -0.15) is 0 Å². The summed E-state index contributed by atoms with van der Waals surface area (Å²) in [7, 11) is -1.40. The Kier molecular flexibility index (Phi) is 6.62. The SMILES string of the molecule is CN(Cc1ccccc1CNC(=O)c1nc(S(C)(=O)=O)n2ccccc12)C1CCCCC1. The van der Waals surface area contributed by atoms with Crippen LogP contribution >= 0.6 is 0 Å². The van der Waals surface area contributed by atoms with Crippen LogP contribution in [-0.2, 0) is 22.9 Å². The molecule has 4 rings (SSSR count). The molecular weight excluding hydrogens is 424 g/mol. The summed E-state index contributed by atoms with van der Waals surface area (Å²) in [5.74, 6) is -0.390. The molecule has 2 heterocycles. The summed E-state index contributed by atoms with van der Waals surface area (Å²) in [6, 6.07) is 13.9. The van der Waals surface area contributed by atoms with Crippen molar-refractivity contribution in [1.82, 2.24) is 19.6 Å². The van der Waals surface area contributed by atoms with Crippen LogP contribution in [0, 0.1) is 0 Å². The van der Waals surface area contributed by atoms with Crippen LogP contribution in [0.1, 0.15) is 53.7 Å². The van der Waals surface area contributed by atoms with Gasteiger partial charge in [-0.1, -0.05) is 49.6 Å². The topological polar surface area (TPSA) is 83.8 Å². The fourth-order valence-corrected chi connectivity index (χ4v) is 5.27. The molecule has 32 heavy (non-hydrogen) atoms. The minimum atomic E-state index is -3.57. The first-order chi connectivity index (χ1) is 15.3. The van der Waals surface area contributed by atoms with Crippen LogP contribution in [0.25, 0.3) is 5.52 Å². The van der Waals surface area contributed by atoms with Crippen LogP contribution < -0.4 is 5.32 Å². The smallest absolute Gasteiger partial charge is 0.272 e. The zero-order valence-corrected chi connectivity index (χ0v) is 19.4. The maximum atomic E-state index is 13.0. The van der Waals surface area contributed by atoms with Crippen LogP contribution in [0.2, 0.25) is 0 Å². The van der Waals surface area contributed by atoms with Gasteiger partial charge in [0.25, 0.3) is 5.91 Å². The van der Waals surface area contributed by atoms with Gasteiger partial charge in [0.05, 0.1) is 5.52 Å². The Bertz CT molecular complexity index is 1210. The van der Waals surface area contributed by atoms with E-state index in [1.165, 1.54) is 42.1 Å². The molecule has 7 nitrogen and oxygen atoms in total. The van der Waals surface area contributed by atoms with Crippen molar-refractivity contribution in [3.05, 3.63) is 65.5 Å². The van der Waals surface area contributed by atoms with Gasteiger partial charge >= 0.3 is 0 Å². The number of rotatable bonds is 7. The second kappa shape index (κ2) is 9.42. The monoisotopic (exact) mass is 454 g/mol. The Morgan fingerprint density at radius 1 is 1.09 bits per heavy atom. The van der Waals surface area contributed by atoms with Gasteiger partial charge in [-0.25, -0.2) is 13.4 Å². The van der Waals surface area contributed by atoms with Gasteiger partial charge in [-0.15, -0.1) is 0 Å². The van der Waals surface area contributed by atoms with Gasteiger partial charge in [-0.3, -0.25) is 14.1 Å². The molecule has 1 fully saturated rings. The first-order valence-electron chi connectivity index (χ1n) is 11.1. The Labute approximate surface area is 189 Å². The second-order valence-electron chi connectivity index (χ2n) is 8.63. The third kappa shape index (κ3) is 4.86. The Morgan fingerprint density at radius 3 is 2.50 bits per heavy atom. The summed E-state index contributed by atoms with van der Waals surface area (Å²) in [6.07, 6.45) is 9.09. The van der Waals surface area contributed by atoms with E-state index in [1.54, 1.807) is 24.4 Å². The van der Waals surface area contributed by atoms with E-state index < -0.39 is 9.84 Å². The molecule has 1 amide bonds. The Hall–Kier alpha value is -2.71. The fraction of sp³-hybridized carbons (Fsp3) is 0.417. The molecule has 1 aliphatic carbocycles. The van der Waals surface area contributed by atoms with Gasteiger partial charge in [0, 0.05) is 31.6 Å². The lowest BCUT2D eigenvalue weighted by Gasteiger charge is -2.31. The lowest BCUT2D eigenvalue weighted by atomic mass is 9.94. The summed E-state index contributed by atoms with van der Waals surface area (Å²) in [5, 5.41) is 2.81. The first kappa shape index (κ1) is 22.5. The molecule has 1 aliphatic rings. The number of amides is 1. The maximum absolute atomic E-state index is 13.0. The average Bonchev–Trinajstić information content (AvgIpc) is 3.19. The van der Waals surface area contributed by atoms with Crippen molar-refractivity contribution in [1.29, 1.82) is 0 Å². The van der Waals surface area contributed by atoms with Crippen molar-refractivity contribution in [3.63, 3.8) is 0 Å². The third-order valence-electron chi connectivity index (χ3n) is 6.24. The predicted octanol–water partition coefficient (Wildman–Crippen LogP) is 3.43. The minimum absolute atomic E-state index is 0.114. The molecule has 170 valence electrons. The molecule has 8 heteroatoms. The lowest BCUT2D eigenvalue weighted by Crippen LogP contribution is -2.33. The van der Waals surface area contributed by atoms with Crippen molar-refractivity contribution in [2.24, 2.45) is 0 Å². The normalized spacial score (nSPS) is 15.3. The number of hydrogen-bond acceptors (Lipinski definition) is 5. The van der Waals surface area contributed by atoms with Gasteiger partial charge in [-0.05, 0) is 43.1 Å². The number of nitrogens with zero attached hydrogens (tertiary/aromatic N) is 3. The van der Waals surface area contributed by atoms with E-state index in [9.17, 15) is 13.2 Å². The van der Waals surface area contributed by atoms with E-state index in [2.05, 4.69) is 28.3 Å². The van der Waals surface area contributed by atoms with Gasteiger partial charge in [0.1, 0.15) is 0 Å². The highest BCUT2D eigenvalue weighted by atomic mass is 32.2. The molecule has 3 aromatic rings. The van der Waals surface area contributed by atoms with Crippen molar-refractivity contribution < 1.29 is 13.2 Å². The number of aromatic nitrogens is 2. The summed E-state index contributed by atoms with van der Waals surface area (Å²) in [5.41, 5.74) is 2.82. The molecule has 0 saturated heterocycles. The fourth-order valence-electron chi connectivity index (χ4n) is 4.50. The Morgan fingerprint density at radius 2 is 1.78 bits per heavy atom. The number of benzene rings is 1. The molecule has 1 saturated carbocycles. The molecule has 0 bridgehead atoms. The molecule has 0 spiro atoms. The third-order valence-corrected chi connectivity index (χ3v) is 7.19. The van der Waals surface area contributed by atoms with Gasteiger partial charge < -0.3 is 5.32 Å². The van der Waals surface area contributed by atoms with E-state index in [-0.39, 0.29) is 16.8 Å². The molecule has 0 atom stereocenters. The van der Waals surface area contributed by atoms with Crippen molar-refractivity contribution in [2.45, 2.75) is 56.4 Å². The highest BCUT2D eigenvalue weighted by molar-refractivity contribution is 7.90. The molecule has 1 aromatic carbocycles. The second-order valence-corrected chi connectivity index (χ2v) is 10.5. The predicted molar refractivity (Wildman–Crippen MR) is 124 cm³/mol. The van der Waals surface area contributed by atoms with E-state index in [1.807, 2.05) is 18.2 Å². The summed E-state index contributed by atoms with van der Waals surface area (Å²) in [6.45, 7) is 1.19. The molecule has 2 aromatic heterocycles. The zero-order chi connectivity index (χ0) is 22.7. The Balaban J connectivity index is 1.51. The largest absolute Gasteiger partial charge is 0.347 e. The molecular formula is C24H30N4O3S. The average molecular weight is 455 g/mol. The number of imidazole rings is 1. The van der Waals surface area contributed by atoms with E-state index in [4.69, 9.17) is 0 Å². The number of carbonyl (C=O) groups is 1. The number of fused-ring (bicyclic) bond motifs is 1. The number of pyridine rings is 1. The molecule has 0 radical (unpaired) electrons. The van der Waals surface area contributed by atoms with E-state index in [0.29, 0.717) is 18.1 Å². The zero-order valence-electron chi connectivity index (χ0n) is 18.6.